The van der Waals surface area contributed by atoms with Gasteiger partial charge in [-0.3, -0.25) is 14.6 Å². The van der Waals surface area contributed by atoms with Gasteiger partial charge in [-0.05, 0) is 69.5 Å². The van der Waals surface area contributed by atoms with Crippen molar-refractivity contribution >= 4 is 28.3 Å². The molecule has 4 unspecified atom stereocenters. The summed E-state index contributed by atoms with van der Waals surface area (Å²) in [5.41, 5.74) is 1.47. The van der Waals surface area contributed by atoms with E-state index in [0.29, 0.717) is 17.7 Å². The number of ether oxygens (including phenoxy) is 1. The first-order valence-electron chi connectivity index (χ1n) is 12.3. The number of imide groups is 1. The standard InChI is InChI=1S/C29H27N3O3/c1-18-7-5-9-20(31-18)10-6-14-29-16-15-28(2,35-29)24-25(29)27(34)32(26(24)33)23-13-12-19-8-3-4-11-21(19)22(23)17-30/h3-5,7-9,11-13,24-25H,6,10,14-16H2,1-2H3. The molecule has 2 aromatic carbocycles. The minimum absolute atomic E-state index is 0.233. The zero-order valence-electron chi connectivity index (χ0n) is 20.0. The van der Waals surface area contributed by atoms with Crippen molar-refractivity contribution in [3.8, 4) is 6.07 Å². The van der Waals surface area contributed by atoms with Crippen LogP contribution in [0, 0.1) is 30.1 Å². The van der Waals surface area contributed by atoms with Gasteiger partial charge in [-0.15, -0.1) is 0 Å². The van der Waals surface area contributed by atoms with Gasteiger partial charge in [-0.2, -0.15) is 5.26 Å². The first-order chi connectivity index (χ1) is 16.9. The summed E-state index contributed by atoms with van der Waals surface area (Å²) in [5.74, 6) is -1.50. The Morgan fingerprint density at radius 1 is 1.06 bits per heavy atom. The van der Waals surface area contributed by atoms with E-state index in [1.807, 2.05) is 62.4 Å². The Morgan fingerprint density at radius 2 is 1.86 bits per heavy atom. The molecule has 0 N–H and O–H groups in total. The number of rotatable bonds is 5. The number of aromatic nitrogens is 1. The average Bonchev–Trinajstić information content (AvgIpc) is 3.43. The van der Waals surface area contributed by atoms with Gasteiger partial charge < -0.3 is 4.74 Å². The first kappa shape index (κ1) is 21.9. The van der Waals surface area contributed by atoms with Crippen LogP contribution in [0.3, 0.4) is 0 Å². The molecular formula is C29H27N3O3. The molecule has 0 aliphatic carbocycles. The topological polar surface area (TPSA) is 83.3 Å². The summed E-state index contributed by atoms with van der Waals surface area (Å²) in [4.78, 5) is 33.6. The molecule has 3 saturated heterocycles. The van der Waals surface area contributed by atoms with Crippen molar-refractivity contribution in [1.29, 1.82) is 5.26 Å². The number of amides is 2. The summed E-state index contributed by atoms with van der Waals surface area (Å²) >= 11 is 0. The number of nitrogens with zero attached hydrogens (tertiary/aromatic N) is 3. The molecule has 0 radical (unpaired) electrons. The number of aryl methyl sites for hydroxylation is 2. The lowest BCUT2D eigenvalue weighted by Crippen LogP contribution is -2.42. The van der Waals surface area contributed by atoms with Gasteiger partial charge in [-0.1, -0.05) is 36.4 Å². The van der Waals surface area contributed by atoms with Crippen molar-refractivity contribution in [2.75, 3.05) is 4.90 Å². The second-order valence-corrected chi connectivity index (χ2v) is 10.4. The molecule has 0 spiro atoms. The van der Waals surface area contributed by atoms with E-state index in [0.717, 1.165) is 47.8 Å². The normalized spacial score (nSPS) is 29.1. The highest BCUT2D eigenvalue weighted by atomic mass is 16.5. The van der Waals surface area contributed by atoms with Crippen LogP contribution in [0.4, 0.5) is 5.69 Å². The number of carbonyl (C=O) groups is 2. The average molecular weight is 466 g/mol. The molecular weight excluding hydrogens is 438 g/mol. The van der Waals surface area contributed by atoms with Gasteiger partial charge in [0.25, 0.3) is 0 Å². The Kier molecular flexibility index (Phi) is 4.84. The van der Waals surface area contributed by atoms with Gasteiger partial charge in [0, 0.05) is 16.8 Å². The highest BCUT2D eigenvalue weighted by Crippen LogP contribution is 2.62. The second kappa shape index (κ2) is 7.73. The Hall–Kier alpha value is -3.56. The van der Waals surface area contributed by atoms with E-state index in [1.165, 1.54) is 4.90 Å². The van der Waals surface area contributed by atoms with Gasteiger partial charge in [0.15, 0.2) is 0 Å². The Bertz CT molecular complexity index is 1430. The minimum Gasteiger partial charge on any atom is -0.367 e. The van der Waals surface area contributed by atoms with Gasteiger partial charge in [0.1, 0.15) is 6.07 Å². The fraction of sp³-hybridized carbons (Fsp3) is 0.379. The molecule has 3 fully saturated rings. The largest absolute Gasteiger partial charge is 0.367 e. The number of hydrogen-bond acceptors (Lipinski definition) is 5. The van der Waals surface area contributed by atoms with E-state index in [2.05, 4.69) is 11.1 Å². The number of anilines is 1. The van der Waals surface area contributed by atoms with Crippen molar-refractivity contribution in [1.82, 2.24) is 4.98 Å². The summed E-state index contributed by atoms with van der Waals surface area (Å²) in [5, 5.41) is 11.6. The van der Waals surface area contributed by atoms with E-state index < -0.39 is 23.0 Å². The smallest absolute Gasteiger partial charge is 0.240 e. The quantitative estimate of drug-likeness (QED) is 0.502. The fourth-order valence-electron chi connectivity index (χ4n) is 6.72. The Morgan fingerprint density at radius 3 is 2.66 bits per heavy atom. The maximum Gasteiger partial charge on any atom is 0.240 e. The highest BCUT2D eigenvalue weighted by molar-refractivity contribution is 6.24. The molecule has 176 valence electrons. The van der Waals surface area contributed by atoms with Crippen LogP contribution in [0.2, 0.25) is 0 Å². The van der Waals surface area contributed by atoms with Gasteiger partial charge >= 0.3 is 0 Å². The maximum absolute atomic E-state index is 13.9. The van der Waals surface area contributed by atoms with Crippen molar-refractivity contribution in [3.63, 3.8) is 0 Å². The van der Waals surface area contributed by atoms with Crippen LogP contribution < -0.4 is 4.90 Å². The molecule has 4 atom stereocenters. The molecule has 6 nitrogen and oxygen atoms in total. The predicted molar refractivity (Wildman–Crippen MR) is 132 cm³/mol. The molecule has 35 heavy (non-hydrogen) atoms. The number of hydrogen-bond donors (Lipinski definition) is 0. The van der Waals surface area contributed by atoms with Crippen molar-refractivity contribution in [3.05, 3.63) is 71.5 Å². The third kappa shape index (κ3) is 3.15. The number of nitriles is 1. The van der Waals surface area contributed by atoms with E-state index in [-0.39, 0.29) is 11.8 Å². The Balaban J connectivity index is 1.34. The summed E-state index contributed by atoms with van der Waals surface area (Å²) in [6.45, 7) is 3.96. The van der Waals surface area contributed by atoms with Crippen LogP contribution in [0.1, 0.15) is 49.6 Å². The van der Waals surface area contributed by atoms with Crippen LogP contribution in [0.5, 0.6) is 0 Å². The fourth-order valence-corrected chi connectivity index (χ4v) is 6.72. The molecule has 3 aliphatic heterocycles. The van der Waals surface area contributed by atoms with Crippen LogP contribution >= 0.6 is 0 Å². The van der Waals surface area contributed by atoms with Crippen molar-refractivity contribution < 1.29 is 14.3 Å². The summed E-state index contributed by atoms with van der Waals surface area (Å²) in [6, 6.07) is 19.4. The third-order valence-corrected chi connectivity index (χ3v) is 8.25. The molecule has 4 heterocycles. The number of fused-ring (bicyclic) bond motifs is 6. The Labute approximate surface area is 204 Å². The number of carbonyl (C=O) groups excluding carboxylic acids is 2. The third-order valence-electron chi connectivity index (χ3n) is 8.25. The first-order valence-corrected chi connectivity index (χ1v) is 12.3. The monoisotopic (exact) mass is 465 g/mol. The lowest BCUT2D eigenvalue weighted by atomic mass is 9.67. The summed E-state index contributed by atoms with van der Waals surface area (Å²) in [7, 11) is 0. The summed E-state index contributed by atoms with van der Waals surface area (Å²) in [6.07, 6.45) is 3.86. The SMILES string of the molecule is Cc1cccc(CCCC23CCC(C)(O2)C2C(=O)N(c4ccc5ccccc5c4C#N)C(=O)C23)n1. The van der Waals surface area contributed by atoms with E-state index >= 15 is 0 Å². The van der Waals surface area contributed by atoms with Crippen LogP contribution in [-0.2, 0) is 20.7 Å². The number of pyridine rings is 1. The van der Waals surface area contributed by atoms with Crippen LogP contribution in [0.15, 0.2) is 54.6 Å². The van der Waals surface area contributed by atoms with Gasteiger partial charge in [-0.25, -0.2) is 4.90 Å². The molecule has 3 aliphatic rings. The second-order valence-electron chi connectivity index (χ2n) is 10.4. The van der Waals surface area contributed by atoms with Crippen molar-refractivity contribution in [2.24, 2.45) is 11.8 Å². The van der Waals surface area contributed by atoms with Crippen LogP contribution in [0.25, 0.3) is 10.8 Å². The lowest BCUT2D eigenvalue weighted by molar-refractivity contribution is -0.130. The van der Waals surface area contributed by atoms with E-state index in [4.69, 9.17) is 4.74 Å². The minimum atomic E-state index is -0.655. The molecule has 6 rings (SSSR count). The van der Waals surface area contributed by atoms with E-state index in [1.54, 1.807) is 6.07 Å². The van der Waals surface area contributed by atoms with Gasteiger partial charge in [0.2, 0.25) is 11.8 Å². The molecule has 0 saturated carbocycles. The van der Waals surface area contributed by atoms with Crippen molar-refractivity contribution in [2.45, 2.75) is 57.2 Å². The zero-order valence-corrected chi connectivity index (χ0v) is 20.0. The zero-order chi connectivity index (χ0) is 24.4. The maximum atomic E-state index is 13.9. The van der Waals surface area contributed by atoms with E-state index in [9.17, 15) is 14.9 Å². The van der Waals surface area contributed by atoms with Crippen LogP contribution in [-0.4, -0.2) is 28.0 Å². The molecule has 1 aromatic heterocycles. The number of benzene rings is 2. The van der Waals surface area contributed by atoms with Gasteiger partial charge in [0.05, 0.1) is 34.3 Å². The summed E-state index contributed by atoms with van der Waals surface area (Å²) < 4.78 is 6.57. The highest BCUT2D eigenvalue weighted by Gasteiger charge is 2.73. The lowest BCUT2D eigenvalue weighted by Gasteiger charge is -2.31. The molecule has 6 heteroatoms. The molecule has 2 amide bonds. The molecule has 2 bridgehead atoms. The molecule has 3 aromatic rings. The predicted octanol–water partition coefficient (Wildman–Crippen LogP) is 4.86.